The van der Waals surface area contributed by atoms with E-state index in [1.807, 2.05) is 47.7 Å². The van der Waals surface area contributed by atoms with Crippen molar-refractivity contribution in [3.63, 3.8) is 0 Å². The first-order chi connectivity index (χ1) is 11.0. The molecule has 2 heterocycles. The number of piperazine rings is 1. The van der Waals surface area contributed by atoms with Crippen molar-refractivity contribution in [2.45, 2.75) is 26.8 Å². The van der Waals surface area contributed by atoms with Crippen LogP contribution in [0.4, 0.5) is 0 Å². The Hall–Kier alpha value is -1.66. The second-order valence-electron chi connectivity index (χ2n) is 6.05. The first-order valence-corrected chi connectivity index (χ1v) is 8.61. The molecule has 0 spiro atoms. The third-order valence-electron chi connectivity index (χ3n) is 4.22. The largest absolute Gasteiger partial charge is 0.336 e. The summed E-state index contributed by atoms with van der Waals surface area (Å²) in [6.07, 6.45) is 0. The van der Waals surface area contributed by atoms with Crippen LogP contribution < -0.4 is 5.32 Å². The van der Waals surface area contributed by atoms with Crippen molar-refractivity contribution >= 4 is 21.8 Å². The van der Waals surface area contributed by atoms with Gasteiger partial charge in [-0.1, -0.05) is 0 Å². The Labute approximate surface area is 144 Å². The van der Waals surface area contributed by atoms with Gasteiger partial charge in [0.15, 0.2) is 0 Å². The smallest absolute Gasteiger partial charge is 0.253 e. The van der Waals surface area contributed by atoms with Crippen LogP contribution in [0.1, 0.15) is 28.7 Å². The summed E-state index contributed by atoms with van der Waals surface area (Å²) in [5, 5.41) is 7.87. The van der Waals surface area contributed by atoms with E-state index in [0.717, 1.165) is 46.7 Å². The molecular weight excluding hydrogens is 356 g/mol. The molecule has 23 heavy (non-hydrogen) atoms. The van der Waals surface area contributed by atoms with Crippen molar-refractivity contribution in [2.75, 3.05) is 19.6 Å². The minimum atomic E-state index is 0.0967. The number of carbonyl (C=O) groups excluding carboxylic acids is 1. The summed E-state index contributed by atoms with van der Waals surface area (Å²) >= 11 is 3.54. The Morgan fingerprint density at radius 3 is 2.57 bits per heavy atom. The molecule has 1 aromatic heterocycles. The van der Waals surface area contributed by atoms with Crippen molar-refractivity contribution in [3.8, 4) is 5.69 Å². The van der Waals surface area contributed by atoms with E-state index in [9.17, 15) is 4.79 Å². The second-order valence-corrected chi connectivity index (χ2v) is 6.84. The number of aromatic nitrogens is 2. The molecule has 0 radical (unpaired) electrons. The van der Waals surface area contributed by atoms with Crippen LogP contribution in [0.2, 0.25) is 0 Å². The average molecular weight is 377 g/mol. The summed E-state index contributed by atoms with van der Waals surface area (Å²) in [4.78, 5) is 14.5. The van der Waals surface area contributed by atoms with Crippen LogP contribution in [0.15, 0.2) is 28.7 Å². The Morgan fingerprint density at radius 1 is 1.30 bits per heavy atom. The number of amides is 1. The summed E-state index contributed by atoms with van der Waals surface area (Å²) < 4.78 is 2.91. The number of carbonyl (C=O) groups is 1. The molecule has 1 aromatic carbocycles. The summed E-state index contributed by atoms with van der Waals surface area (Å²) in [7, 11) is 0. The van der Waals surface area contributed by atoms with Gasteiger partial charge in [0.2, 0.25) is 0 Å². The zero-order valence-corrected chi connectivity index (χ0v) is 15.2. The van der Waals surface area contributed by atoms with Gasteiger partial charge in [-0.3, -0.25) is 4.79 Å². The molecule has 0 bridgehead atoms. The topological polar surface area (TPSA) is 50.2 Å². The third-order valence-corrected chi connectivity index (χ3v) is 5.37. The van der Waals surface area contributed by atoms with Gasteiger partial charge in [-0.2, -0.15) is 5.10 Å². The molecule has 6 heteroatoms. The zero-order chi connectivity index (χ0) is 16.6. The SMILES string of the molecule is Cc1nn(-c2ccc(C(=O)N3CCNC(C)C3)cc2)c(C)c1Br. The molecule has 1 N–H and O–H groups in total. The molecule has 2 aromatic rings. The van der Waals surface area contributed by atoms with Crippen molar-refractivity contribution in [2.24, 2.45) is 0 Å². The fourth-order valence-electron chi connectivity index (χ4n) is 2.92. The van der Waals surface area contributed by atoms with E-state index in [1.54, 1.807) is 0 Å². The highest BCUT2D eigenvalue weighted by Gasteiger charge is 2.21. The molecule has 122 valence electrons. The number of nitrogens with one attached hydrogen (secondary N) is 1. The highest BCUT2D eigenvalue weighted by atomic mass is 79.9. The van der Waals surface area contributed by atoms with Crippen molar-refractivity contribution in [3.05, 3.63) is 45.7 Å². The van der Waals surface area contributed by atoms with Gasteiger partial charge >= 0.3 is 0 Å². The molecule has 0 aliphatic carbocycles. The van der Waals surface area contributed by atoms with E-state index < -0.39 is 0 Å². The highest BCUT2D eigenvalue weighted by Crippen LogP contribution is 2.23. The van der Waals surface area contributed by atoms with Crippen LogP contribution in [0, 0.1) is 13.8 Å². The number of nitrogens with zero attached hydrogens (tertiary/aromatic N) is 3. The maximum absolute atomic E-state index is 12.6. The first kappa shape index (κ1) is 16.2. The molecule has 1 fully saturated rings. The maximum Gasteiger partial charge on any atom is 0.253 e. The molecule has 1 atom stereocenters. The minimum Gasteiger partial charge on any atom is -0.336 e. The molecule has 1 aliphatic heterocycles. The Balaban J connectivity index is 1.81. The Bertz CT molecular complexity index is 723. The van der Waals surface area contributed by atoms with E-state index in [-0.39, 0.29) is 5.91 Å². The first-order valence-electron chi connectivity index (χ1n) is 7.82. The molecule has 1 aliphatic rings. The quantitative estimate of drug-likeness (QED) is 0.876. The molecule has 1 unspecified atom stereocenters. The summed E-state index contributed by atoms with van der Waals surface area (Å²) in [5.74, 6) is 0.0967. The van der Waals surface area contributed by atoms with Gasteiger partial charge < -0.3 is 10.2 Å². The van der Waals surface area contributed by atoms with Crippen molar-refractivity contribution < 1.29 is 4.79 Å². The van der Waals surface area contributed by atoms with Gasteiger partial charge in [-0.05, 0) is 61.0 Å². The summed E-state index contributed by atoms with van der Waals surface area (Å²) in [6.45, 7) is 8.45. The zero-order valence-electron chi connectivity index (χ0n) is 13.6. The lowest BCUT2D eigenvalue weighted by Crippen LogP contribution is -2.51. The number of hydrogen-bond acceptors (Lipinski definition) is 3. The van der Waals surface area contributed by atoms with E-state index in [2.05, 4.69) is 33.3 Å². The normalized spacial score (nSPS) is 18.3. The second kappa shape index (κ2) is 6.45. The highest BCUT2D eigenvalue weighted by molar-refractivity contribution is 9.10. The molecule has 0 saturated carbocycles. The van der Waals surface area contributed by atoms with Crippen LogP contribution in [-0.2, 0) is 0 Å². The maximum atomic E-state index is 12.6. The van der Waals surface area contributed by atoms with Crippen LogP contribution in [0.3, 0.4) is 0 Å². The minimum absolute atomic E-state index is 0.0967. The molecule has 5 nitrogen and oxygen atoms in total. The predicted molar refractivity (Wildman–Crippen MR) is 94.1 cm³/mol. The molecule has 1 amide bonds. The fraction of sp³-hybridized carbons (Fsp3) is 0.412. The summed E-state index contributed by atoms with van der Waals surface area (Å²) in [5.41, 5.74) is 3.69. The number of halogens is 1. The van der Waals surface area contributed by atoms with E-state index in [4.69, 9.17) is 0 Å². The molecular formula is C17H21BrN4O. The Morgan fingerprint density at radius 2 is 2.00 bits per heavy atom. The van der Waals surface area contributed by atoms with E-state index in [0.29, 0.717) is 6.04 Å². The number of aryl methyl sites for hydroxylation is 1. The van der Waals surface area contributed by atoms with E-state index >= 15 is 0 Å². The molecule has 3 rings (SSSR count). The van der Waals surface area contributed by atoms with Gasteiger partial charge in [0.1, 0.15) is 0 Å². The van der Waals surface area contributed by atoms with Gasteiger partial charge in [0.25, 0.3) is 5.91 Å². The number of hydrogen-bond donors (Lipinski definition) is 1. The van der Waals surface area contributed by atoms with Crippen LogP contribution >= 0.6 is 15.9 Å². The van der Waals surface area contributed by atoms with E-state index in [1.165, 1.54) is 0 Å². The standard InChI is InChI=1S/C17H21BrN4O/c1-11-10-21(9-8-19-11)17(23)14-4-6-15(7-5-14)22-13(3)16(18)12(2)20-22/h4-7,11,19H,8-10H2,1-3H3. The summed E-state index contributed by atoms with van der Waals surface area (Å²) in [6, 6.07) is 8.01. The van der Waals surface area contributed by atoms with Crippen LogP contribution in [-0.4, -0.2) is 46.3 Å². The molecule has 1 saturated heterocycles. The number of rotatable bonds is 2. The fourth-order valence-corrected chi connectivity index (χ4v) is 3.17. The number of benzene rings is 1. The lowest BCUT2D eigenvalue weighted by atomic mass is 10.1. The van der Waals surface area contributed by atoms with Gasteiger partial charge in [-0.15, -0.1) is 0 Å². The van der Waals surface area contributed by atoms with Crippen molar-refractivity contribution in [1.82, 2.24) is 20.0 Å². The lowest BCUT2D eigenvalue weighted by Gasteiger charge is -2.32. The monoisotopic (exact) mass is 376 g/mol. The van der Waals surface area contributed by atoms with Gasteiger partial charge in [-0.25, -0.2) is 4.68 Å². The van der Waals surface area contributed by atoms with Crippen LogP contribution in [0.25, 0.3) is 5.69 Å². The van der Waals surface area contributed by atoms with Crippen LogP contribution in [0.5, 0.6) is 0 Å². The van der Waals surface area contributed by atoms with Gasteiger partial charge in [0, 0.05) is 31.2 Å². The van der Waals surface area contributed by atoms with Gasteiger partial charge in [0.05, 0.1) is 21.5 Å². The third kappa shape index (κ3) is 3.19. The predicted octanol–water partition coefficient (Wildman–Crippen LogP) is 2.69. The van der Waals surface area contributed by atoms with Crippen molar-refractivity contribution in [1.29, 1.82) is 0 Å². The average Bonchev–Trinajstić information content (AvgIpc) is 2.82. The lowest BCUT2D eigenvalue weighted by molar-refractivity contribution is 0.0709. The Kier molecular flexibility index (Phi) is 4.55.